The van der Waals surface area contributed by atoms with E-state index in [0.29, 0.717) is 6.54 Å². The van der Waals surface area contributed by atoms with Crippen LogP contribution in [0.2, 0.25) is 0 Å². The zero-order chi connectivity index (χ0) is 16.4. The second-order valence-corrected chi connectivity index (χ2v) is 7.28. The average molecular weight is 298 g/mol. The van der Waals surface area contributed by atoms with Crippen LogP contribution in [0.3, 0.4) is 0 Å². The monoisotopic (exact) mass is 298 g/mol. The summed E-state index contributed by atoms with van der Waals surface area (Å²) in [6.45, 7) is 6.05. The molecule has 0 aromatic heterocycles. The average Bonchev–Trinajstić information content (AvgIpc) is 2.31. The fourth-order valence-electron chi connectivity index (χ4n) is 2.84. The second-order valence-electron chi connectivity index (χ2n) is 7.28. The Morgan fingerprint density at radius 2 is 1.76 bits per heavy atom. The molecule has 0 aromatic rings. The molecule has 1 aliphatic rings. The van der Waals surface area contributed by atoms with Crippen molar-refractivity contribution < 1.29 is 14.7 Å². The van der Waals surface area contributed by atoms with E-state index in [1.807, 2.05) is 27.9 Å². The number of carboxylic acid groups (broad SMARTS) is 1. The van der Waals surface area contributed by atoms with Gasteiger partial charge in [0.05, 0.1) is 5.41 Å². The number of carbonyl (C=O) groups excluding carboxylic acids is 1. The van der Waals surface area contributed by atoms with Gasteiger partial charge in [0.2, 0.25) is 5.91 Å². The van der Waals surface area contributed by atoms with Gasteiger partial charge in [-0.15, -0.1) is 0 Å². The van der Waals surface area contributed by atoms with E-state index < -0.39 is 11.4 Å². The molecule has 1 fully saturated rings. The topological polar surface area (TPSA) is 60.9 Å². The number of carbonyl (C=O) groups is 2. The lowest BCUT2D eigenvalue weighted by molar-refractivity contribution is -0.155. The van der Waals surface area contributed by atoms with Crippen molar-refractivity contribution in [2.75, 3.05) is 27.7 Å². The molecule has 1 atom stereocenters. The van der Waals surface area contributed by atoms with E-state index in [1.165, 1.54) is 6.42 Å². The van der Waals surface area contributed by atoms with Crippen molar-refractivity contribution in [2.24, 2.45) is 11.3 Å². The Kier molecular flexibility index (Phi) is 5.42. The lowest BCUT2D eigenvalue weighted by Gasteiger charge is -2.49. The third-order valence-electron chi connectivity index (χ3n) is 5.47. The molecule has 0 aromatic carbocycles. The Morgan fingerprint density at radius 1 is 1.24 bits per heavy atom. The number of amides is 1. The molecule has 1 rings (SSSR count). The summed E-state index contributed by atoms with van der Waals surface area (Å²) in [7, 11) is 5.88. The highest BCUT2D eigenvalue weighted by atomic mass is 16.4. The van der Waals surface area contributed by atoms with Gasteiger partial charge in [0, 0.05) is 25.6 Å². The van der Waals surface area contributed by atoms with Crippen LogP contribution in [0.25, 0.3) is 0 Å². The van der Waals surface area contributed by atoms with Gasteiger partial charge in [0.25, 0.3) is 0 Å². The molecule has 0 spiro atoms. The predicted molar refractivity (Wildman–Crippen MR) is 83.1 cm³/mol. The molecule has 122 valence electrons. The fourth-order valence-corrected chi connectivity index (χ4v) is 2.84. The van der Waals surface area contributed by atoms with Crippen LogP contribution in [0.15, 0.2) is 0 Å². The van der Waals surface area contributed by atoms with Crippen molar-refractivity contribution in [3.8, 4) is 0 Å². The summed E-state index contributed by atoms with van der Waals surface area (Å²) in [5.74, 6) is -1.06. The van der Waals surface area contributed by atoms with Crippen LogP contribution in [0.1, 0.15) is 46.5 Å². The van der Waals surface area contributed by atoms with Crippen LogP contribution in [-0.4, -0.2) is 60.0 Å². The second kappa shape index (κ2) is 6.34. The molecule has 5 heteroatoms. The molecule has 0 radical (unpaired) electrons. The van der Waals surface area contributed by atoms with Crippen molar-refractivity contribution in [1.29, 1.82) is 0 Å². The number of likely N-dealkylation sites (N-methyl/N-ethyl adjacent to an activating group) is 2. The molecular weight excluding hydrogens is 268 g/mol. The van der Waals surface area contributed by atoms with Gasteiger partial charge >= 0.3 is 5.97 Å². The molecule has 0 aliphatic heterocycles. The summed E-state index contributed by atoms with van der Waals surface area (Å²) in [5, 5.41) is 9.43. The summed E-state index contributed by atoms with van der Waals surface area (Å²) >= 11 is 0. The van der Waals surface area contributed by atoms with E-state index in [9.17, 15) is 14.7 Å². The SMILES string of the molecule is CC(C)C(C)(CC(=O)N(C)CC1(N(C)C)CCC1)C(=O)O. The number of carboxylic acids is 1. The zero-order valence-electron chi connectivity index (χ0n) is 14.3. The fraction of sp³-hybridized carbons (Fsp3) is 0.875. The quantitative estimate of drug-likeness (QED) is 0.781. The Morgan fingerprint density at radius 3 is 2.05 bits per heavy atom. The highest BCUT2D eigenvalue weighted by Gasteiger charge is 2.43. The first kappa shape index (κ1) is 18.0. The third kappa shape index (κ3) is 3.57. The zero-order valence-corrected chi connectivity index (χ0v) is 14.3. The molecular formula is C16H30N2O3. The summed E-state index contributed by atoms with van der Waals surface area (Å²) in [4.78, 5) is 27.9. The minimum Gasteiger partial charge on any atom is -0.481 e. The first-order valence-electron chi connectivity index (χ1n) is 7.70. The van der Waals surface area contributed by atoms with Gasteiger partial charge in [-0.3, -0.25) is 9.59 Å². The molecule has 0 heterocycles. The largest absolute Gasteiger partial charge is 0.481 e. The molecule has 1 N–H and O–H groups in total. The van der Waals surface area contributed by atoms with Crippen LogP contribution in [0, 0.1) is 11.3 Å². The van der Waals surface area contributed by atoms with Gasteiger partial charge in [0.15, 0.2) is 0 Å². The van der Waals surface area contributed by atoms with Gasteiger partial charge in [-0.2, -0.15) is 0 Å². The van der Waals surface area contributed by atoms with Gasteiger partial charge in [-0.25, -0.2) is 0 Å². The van der Waals surface area contributed by atoms with Crippen molar-refractivity contribution in [3.63, 3.8) is 0 Å². The normalized spacial score (nSPS) is 20.0. The first-order valence-corrected chi connectivity index (χ1v) is 7.70. The van der Waals surface area contributed by atoms with Crippen molar-refractivity contribution >= 4 is 11.9 Å². The van der Waals surface area contributed by atoms with E-state index >= 15 is 0 Å². The Bertz CT molecular complexity index is 402. The van der Waals surface area contributed by atoms with E-state index in [0.717, 1.165) is 12.8 Å². The first-order chi connectivity index (χ1) is 9.55. The van der Waals surface area contributed by atoms with Crippen molar-refractivity contribution in [2.45, 2.75) is 52.0 Å². The number of rotatable bonds is 7. The molecule has 0 saturated heterocycles. The van der Waals surface area contributed by atoms with Gasteiger partial charge < -0.3 is 14.9 Å². The molecule has 0 bridgehead atoms. The molecule has 1 saturated carbocycles. The molecule has 1 unspecified atom stereocenters. The lowest BCUT2D eigenvalue weighted by atomic mass is 9.74. The summed E-state index contributed by atoms with van der Waals surface area (Å²) in [6.07, 6.45) is 3.44. The van der Waals surface area contributed by atoms with Crippen LogP contribution < -0.4 is 0 Å². The number of hydrogen-bond donors (Lipinski definition) is 1. The Labute approximate surface area is 128 Å². The maximum absolute atomic E-state index is 12.5. The predicted octanol–water partition coefficient (Wildman–Crippen LogP) is 2.07. The summed E-state index contributed by atoms with van der Waals surface area (Å²) < 4.78 is 0. The number of aliphatic carboxylic acids is 1. The van der Waals surface area contributed by atoms with Crippen LogP contribution in [-0.2, 0) is 9.59 Å². The number of hydrogen-bond acceptors (Lipinski definition) is 3. The standard InChI is InChI=1S/C16H30N2O3/c1-12(2)15(3,14(20)21)10-13(19)18(6)11-16(17(4)5)8-7-9-16/h12H,7-11H2,1-6H3,(H,20,21). The molecule has 5 nitrogen and oxygen atoms in total. The molecule has 1 aliphatic carbocycles. The third-order valence-corrected chi connectivity index (χ3v) is 5.47. The van der Waals surface area contributed by atoms with Gasteiger partial charge in [-0.1, -0.05) is 13.8 Å². The Balaban J connectivity index is 2.73. The van der Waals surface area contributed by atoms with Gasteiger partial charge in [0.1, 0.15) is 0 Å². The van der Waals surface area contributed by atoms with E-state index in [1.54, 1.807) is 18.9 Å². The number of nitrogens with zero attached hydrogens (tertiary/aromatic N) is 2. The molecule has 1 amide bonds. The minimum absolute atomic E-state index is 0.0556. The summed E-state index contributed by atoms with van der Waals surface area (Å²) in [5.41, 5.74) is -0.932. The van der Waals surface area contributed by atoms with E-state index in [-0.39, 0.29) is 23.8 Å². The van der Waals surface area contributed by atoms with Gasteiger partial charge in [-0.05, 0) is 46.2 Å². The highest BCUT2D eigenvalue weighted by molar-refractivity contribution is 5.84. The van der Waals surface area contributed by atoms with Crippen molar-refractivity contribution in [3.05, 3.63) is 0 Å². The van der Waals surface area contributed by atoms with Crippen LogP contribution in [0.5, 0.6) is 0 Å². The van der Waals surface area contributed by atoms with E-state index in [2.05, 4.69) is 4.90 Å². The van der Waals surface area contributed by atoms with E-state index in [4.69, 9.17) is 0 Å². The maximum atomic E-state index is 12.5. The summed E-state index contributed by atoms with van der Waals surface area (Å²) in [6, 6.07) is 0. The Hall–Kier alpha value is -1.10. The molecule has 21 heavy (non-hydrogen) atoms. The maximum Gasteiger partial charge on any atom is 0.310 e. The van der Waals surface area contributed by atoms with Crippen LogP contribution >= 0.6 is 0 Å². The highest BCUT2D eigenvalue weighted by Crippen LogP contribution is 2.37. The lowest BCUT2D eigenvalue weighted by Crippen LogP contribution is -2.57. The smallest absolute Gasteiger partial charge is 0.310 e. The van der Waals surface area contributed by atoms with Crippen molar-refractivity contribution in [1.82, 2.24) is 9.80 Å². The minimum atomic E-state index is -1.00. The van der Waals surface area contributed by atoms with Crippen LogP contribution in [0.4, 0.5) is 0 Å².